The van der Waals surface area contributed by atoms with Gasteiger partial charge in [-0.3, -0.25) is 60.7 Å². The number of non-ortho nitro benzene ring substituents is 1. The van der Waals surface area contributed by atoms with Crippen LogP contribution >= 0.6 is 0 Å². The van der Waals surface area contributed by atoms with Crippen LogP contribution in [0.25, 0.3) is 32.3 Å². The summed E-state index contributed by atoms with van der Waals surface area (Å²) in [6.45, 7) is 0. The Morgan fingerprint density at radius 1 is 0.412 bits per heavy atom. The molecule has 0 N–H and O–H groups in total. The standard InChI is InChI=1S/C16H4N6O12/c23-17(24)7-4-2-5-1-3-6-9-8(5)10(7)13(19(27)28)14(20(29)30)11(9)15(21(31)32)16(22(33)34)12(6)18(25)26/h1-4H. The molecule has 0 saturated heterocycles. The Balaban J connectivity index is 2.64. The Labute approximate surface area is 181 Å². The summed E-state index contributed by atoms with van der Waals surface area (Å²) in [4.78, 5) is 62.5. The Morgan fingerprint density at radius 3 is 1.32 bits per heavy atom. The van der Waals surface area contributed by atoms with Crippen molar-refractivity contribution in [1.29, 1.82) is 0 Å². The molecular formula is C16H4N6O12. The van der Waals surface area contributed by atoms with E-state index >= 15 is 0 Å². The highest BCUT2D eigenvalue weighted by Gasteiger charge is 2.48. The maximum absolute atomic E-state index is 11.9. The Kier molecular flexibility index (Phi) is 4.38. The summed E-state index contributed by atoms with van der Waals surface area (Å²) in [6.07, 6.45) is 0. The average molecular weight is 472 g/mol. The predicted molar refractivity (Wildman–Crippen MR) is 110 cm³/mol. The molecule has 0 amide bonds. The van der Waals surface area contributed by atoms with Gasteiger partial charge in [0.2, 0.25) is 0 Å². The maximum atomic E-state index is 11.9. The lowest BCUT2D eigenvalue weighted by molar-refractivity contribution is -0.440. The molecule has 0 saturated carbocycles. The minimum Gasteiger partial charge on any atom is -0.258 e. The first-order chi connectivity index (χ1) is 15.9. The predicted octanol–water partition coefficient (Wildman–Crippen LogP) is 4.03. The fourth-order valence-electron chi connectivity index (χ4n) is 4.09. The molecule has 0 atom stereocenters. The molecule has 0 spiro atoms. The monoisotopic (exact) mass is 472 g/mol. The van der Waals surface area contributed by atoms with Crippen LogP contribution in [0.3, 0.4) is 0 Å². The summed E-state index contributed by atoms with van der Waals surface area (Å²) < 4.78 is 0. The zero-order valence-corrected chi connectivity index (χ0v) is 15.9. The molecule has 18 nitrogen and oxygen atoms in total. The van der Waals surface area contributed by atoms with Crippen molar-refractivity contribution in [3.8, 4) is 0 Å². The Morgan fingerprint density at radius 2 is 0.853 bits per heavy atom. The SMILES string of the molecule is O=[N+]([O-])c1c([N+](=O)[O-])c2ccc3ccc([N+](=O)[O-])c4c([N+](=O)[O-])c([N+](=O)[O-])c(c1[N+](=O)[O-])c2c34. The van der Waals surface area contributed by atoms with E-state index < -0.39 is 90.6 Å². The summed E-state index contributed by atoms with van der Waals surface area (Å²) in [5, 5.41) is 66.6. The molecule has 4 aromatic carbocycles. The lowest BCUT2D eigenvalue weighted by atomic mass is 9.89. The van der Waals surface area contributed by atoms with Gasteiger partial charge in [0.25, 0.3) is 5.69 Å². The molecule has 0 aromatic heterocycles. The normalized spacial score (nSPS) is 11.2. The summed E-state index contributed by atoms with van der Waals surface area (Å²) in [7, 11) is 0. The minimum atomic E-state index is -1.73. The first-order valence-corrected chi connectivity index (χ1v) is 8.60. The largest absolute Gasteiger partial charge is 0.423 e. The van der Waals surface area contributed by atoms with Crippen molar-refractivity contribution in [2.45, 2.75) is 0 Å². The molecule has 0 radical (unpaired) electrons. The second-order valence-electron chi connectivity index (χ2n) is 6.71. The molecule has 4 aromatic rings. The lowest BCUT2D eigenvalue weighted by Gasteiger charge is -2.12. The number of hydrogen-bond acceptors (Lipinski definition) is 12. The van der Waals surface area contributed by atoms with Gasteiger partial charge < -0.3 is 0 Å². The smallest absolute Gasteiger partial charge is 0.258 e. The van der Waals surface area contributed by atoms with Gasteiger partial charge in [-0.1, -0.05) is 6.07 Å². The van der Waals surface area contributed by atoms with Crippen LogP contribution in [0.4, 0.5) is 34.1 Å². The highest BCUT2D eigenvalue weighted by Crippen LogP contribution is 2.56. The number of benzene rings is 4. The molecule has 0 fully saturated rings. The molecule has 0 aliphatic rings. The molecule has 34 heavy (non-hydrogen) atoms. The van der Waals surface area contributed by atoms with Crippen LogP contribution in [0, 0.1) is 60.7 Å². The van der Waals surface area contributed by atoms with E-state index in [1.807, 2.05) is 0 Å². The van der Waals surface area contributed by atoms with Gasteiger partial charge in [-0.2, -0.15) is 0 Å². The summed E-state index contributed by atoms with van der Waals surface area (Å²) in [5.41, 5.74) is -9.00. The Bertz CT molecular complexity index is 1680. The molecule has 0 unspecified atom stereocenters. The molecule has 0 heterocycles. The van der Waals surface area contributed by atoms with Gasteiger partial charge in [0.15, 0.2) is 5.39 Å². The minimum absolute atomic E-state index is 0.0476. The third-order valence-electron chi connectivity index (χ3n) is 5.16. The van der Waals surface area contributed by atoms with Crippen LogP contribution < -0.4 is 0 Å². The van der Waals surface area contributed by atoms with Crippen molar-refractivity contribution < 1.29 is 29.5 Å². The van der Waals surface area contributed by atoms with E-state index in [9.17, 15) is 60.7 Å². The zero-order valence-electron chi connectivity index (χ0n) is 15.9. The van der Waals surface area contributed by atoms with Gasteiger partial charge in [0.05, 0.1) is 34.9 Å². The maximum Gasteiger partial charge on any atom is 0.423 e. The first-order valence-electron chi connectivity index (χ1n) is 8.60. The summed E-state index contributed by atoms with van der Waals surface area (Å²) >= 11 is 0. The van der Waals surface area contributed by atoms with Crippen molar-refractivity contribution in [3.63, 3.8) is 0 Å². The number of hydrogen-bond donors (Lipinski definition) is 0. The van der Waals surface area contributed by atoms with Crippen LogP contribution in [0.1, 0.15) is 0 Å². The molecule has 18 heteroatoms. The fraction of sp³-hybridized carbons (Fsp3) is 0. The second-order valence-corrected chi connectivity index (χ2v) is 6.71. The first kappa shape index (κ1) is 21.5. The second kappa shape index (κ2) is 6.91. The van der Waals surface area contributed by atoms with Crippen molar-refractivity contribution in [2.24, 2.45) is 0 Å². The number of nitro groups is 6. The third-order valence-corrected chi connectivity index (χ3v) is 5.16. The van der Waals surface area contributed by atoms with E-state index in [2.05, 4.69) is 0 Å². The van der Waals surface area contributed by atoms with Gasteiger partial charge >= 0.3 is 28.4 Å². The highest BCUT2D eigenvalue weighted by atomic mass is 16.7. The van der Waals surface area contributed by atoms with Gasteiger partial charge in [0, 0.05) is 16.8 Å². The summed E-state index contributed by atoms with van der Waals surface area (Å²) in [6, 6.07) is 3.89. The van der Waals surface area contributed by atoms with Crippen LogP contribution in [-0.2, 0) is 0 Å². The van der Waals surface area contributed by atoms with Gasteiger partial charge in [-0.15, -0.1) is 0 Å². The fourth-order valence-corrected chi connectivity index (χ4v) is 4.09. The van der Waals surface area contributed by atoms with E-state index in [1.165, 1.54) is 0 Å². The third kappa shape index (κ3) is 2.62. The van der Waals surface area contributed by atoms with E-state index in [4.69, 9.17) is 0 Å². The van der Waals surface area contributed by atoms with E-state index in [0.29, 0.717) is 0 Å². The number of rotatable bonds is 6. The Hall–Kier alpha value is -5.68. The zero-order chi connectivity index (χ0) is 25.2. The van der Waals surface area contributed by atoms with Gasteiger partial charge in [-0.05, 0) is 17.5 Å². The van der Waals surface area contributed by atoms with Crippen LogP contribution in [0.2, 0.25) is 0 Å². The van der Waals surface area contributed by atoms with Gasteiger partial charge in [-0.25, -0.2) is 0 Å². The molecule has 170 valence electrons. The van der Waals surface area contributed by atoms with Crippen molar-refractivity contribution in [1.82, 2.24) is 0 Å². The lowest BCUT2D eigenvalue weighted by Crippen LogP contribution is -2.07. The van der Waals surface area contributed by atoms with E-state index in [1.54, 1.807) is 0 Å². The van der Waals surface area contributed by atoms with Crippen LogP contribution in [0.5, 0.6) is 0 Å². The van der Waals surface area contributed by atoms with Crippen LogP contribution in [-0.4, -0.2) is 29.5 Å². The average Bonchev–Trinajstić information content (AvgIpc) is 2.74. The van der Waals surface area contributed by atoms with Crippen molar-refractivity contribution in [3.05, 3.63) is 85.0 Å². The van der Waals surface area contributed by atoms with Crippen LogP contribution in [0.15, 0.2) is 24.3 Å². The molecule has 0 aliphatic heterocycles. The topological polar surface area (TPSA) is 259 Å². The molecule has 4 rings (SSSR count). The quantitative estimate of drug-likeness (QED) is 0.219. The van der Waals surface area contributed by atoms with Crippen molar-refractivity contribution in [2.75, 3.05) is 0 Å². The van der Waals surface area contributed by atoms with E-state index in [-0.39, 0.29) is 5.39 Å². The van der Waals surface area contributed by atoms with Crippen molar-refractivity contribution >= 4 is 66.4 Å². The number of nitrogens with zero attached hydrogens (tertiary/aromatic N) is 6. The number of nitro benzene ring substituents is 6. The van der Waals surface area contributed by atoms with E-state index in [0.717, 1.165) is 24.3 Å². The molecule has 0 bridgehead atoms. The summed E-state index contributed by atoms with van der Waals surface area (Å²) in [5.74, 6) is 0. The van der Waals surface area contributed by atoms with Gasteiger partial charge in [0.1, 0.15) is 5.39 Å². The molecular weight excluding hydrogens is 468 g/mol. The molecule has 0 aliphatic carbocycles. The highest BCUT2D eigenvalue weighted by molar-refractivity contribution is 6.34.